The normalized spacial score (nSPS) is 11.4. The van der Waals surface area contributed by atoms with Crippen LogP contribution in [0.4, 0.5) is 5.69 Å². The van der Waals surface area contributed by atoms with E-state index in [2.05, 4.69) is 17.1 Å². The van der Waals surface area contributed by atoms with Crippen LogP contribution in [0.3, 0.4) is 0 Å². The van der Waals surface area contributed by atoms with E-state index >= 15 is 0 Å². The predicted molar refractivity (Wildman–Crippen MR) is 62.4 cm³/mol. The van der Waals surface area contributed by atoms with E-state index in [1.54, 1.807) is 0 Å². The molecule has 0 aliphatic heterocycles. The number of hydrogen-bond donors (Lipinski definition) is 0. The van der Waals surface area contributed by atoms with E-state index in [4.69, 9.17) is 0 Å². The third-order valence-corrected chi connectivity index (χ3v) is 2.08. The minimum Gasteiger partial charge on any atom is -0.252 e. The van der Waals surface area contributed by atoms with E-state index in [0.717, 1.165) is 17.0 Å². The van der Waals surface area contributed by atoms with Gasteiger partial charge in [0.15, 0.2) is 0 Å². The molecular weight excluding hydrogens is 182 g/mol. The molecule has 0 N–H and O–H groups in total. The monoisotopic (exact) mass is 193 g/mol. The molecule has 0 amide bonds. The van der Waals surface area contributed by atoms with Crippen LogP contribution in [-0.4, -0.2) is 5.71 Å². The predicted octanol–water partition coefficient (Wildman–Crippen LogP) is 3.43. The Balaban J connectivity index is 2.29. The number of para-hydroxylation sites is 1. The highest BCUT2D eigenvalue weighted by atomic mass is 14.7. The Labute approximate surface area is 90.1 Å². The Hall–Kier alpha value is -1.89. The van der Waals surface area contributed by atoms with E-state index in [-0.39, 0.29) is 0 Å². The smallest absolute Gasteiger partial charge is 0.0712 e. The molecule has 0 fully saturated rings. The fraction of sp³-hybridized carbons (Fsp3) is 0.0714. The molecule has 0 aromatic heterocycles. The minimum atomic E-state index is 0.854. The van der Waals surface area contributed by atoms with Gasteiger partial charge in [-0.2, -0.15) is 0 Å². The van der Waals surface area contributed by atoms with Crippen LogP contribution >= 0.6 is 0 Å². The Bertz CT molecular complexity index is 443. The third-order valence-electron chi connectivity index (χ3n) is 2.08. The first-order chi connectivity index (χ1) is 7.36. The van der Waals surface area contributed by atoms with Crippen molar-refractivity contribution in [3.63, 3.8) is 0 Å². The van der Waals surface area contributed by atoms with E-state index < -0.39 is 0 Å². The average molecular weight is 193 g/mol. The molecule has 0 unspecified atom stereocenters. The van der Waals surface area contributed by atoms with Crippen molar-refractivity contribution in [1.29, 1.82) is 0 Å². The van der Waals surface area contributed by atoms with Crippen LogP contribution in [0.15, 0.2) is 53.5 Å². The lowest BCUT2D eigenvalue weighted by Crippen LogP contribution is -1.92. The summed E-state index contributed by atoms with van der Waals surface area (Å²) in [6.07, 6.45) is 0. The lowest BCUT2D eigenvalue weighted by atomic mass is 10.1. The molecule has 72 valence electrons. The standard InChI is InChI=1S/C14H11N/c1-12(13-8-4-2-5-9-13)15-14-10-6-3-7-11-14/h2-8,10H,1H3. The fourth-order valence-corrected chi connectivity index (χ4v) is 1.31. The molecule has 0 atom stereocenters. The molecule has 1 nitrogen and oxygen atoms in total. The molecule has 0 aliphatic carbocycles. The second-order valence-electron chi connectivity index (χ2n) is 3.22. The SMILES string of the molecule is CC(=Nc1[c]cccc1)c1[c]cccc1. The summed E-state index contributed by atoms with van der Waals surface area (Å²) in [5, 5.41) is 0. The molecule has 2 rings (SSSR count). The summed E-state index contributed by atoms with van der Waals surface area (Å²) in [5.41, 5.74) is 2.83. The highest BCUT2D eigenvalue weighted by Crippen LogP contribution is 2.11. The van der Waals surface area contributed by atoms with Gasteiger partial charge in [-0.15, -0.1) is 0 Å². The number of benzene rings is 2. The van der Waals surface area contributed by atoms with E-state index in [9.17, 15) is 0 Å². The summed E-state index contributed by atoms with van der Waals surface area (Å²) >= 11 is 0. The zero-order chi connectivity index (χ0) is 10.5. The van der Waals surface area contributed by atoms with Gasteiger partial charge in [-0.3, -0.25) is 4.99 Å². The summed E-state index contributed by atoms with van der Waals surface area (Å²) in [6, 6.07) is 21.7. The molecule has 0 bridgehead atoms. The Morgan fingerprint density at radius 3 is 2.33 bits per heavy atom. The average Bonchev–Trinajstić information content (AvgIpc) is 2.31. The molecule has 2 aromatic carbocycles. The lowest BCUT2D eigenvalue weighted by molar-refractivity contribution is 1.47. The molecule has 0 aliphatic rings. The number of aliphatic imine (C=N–C) groups is 1. The first-order valence-corrected chi connectivity index (χ1v) is 4.85. The van der Waals surface area contributed by atoms with Crippen molar-refractivity contribution in [2.24, 2.45) is 4.99 Å². The summed E-state index contributed by atoms with van der Waals surface area (Å²) in [7, 11) is 0. The van der Waals surface area contributed by atoms with E-state index in [0.29, 0.717) is 0 Å². The molecule has 1 heteroatoms. The number of nitrogens with zero attached hydrogens (tertiary/aromatic N) is 1. The van der Waals surface area contributed by atoms with Gasteiger partial charge in [0.1, 0.15) is 0 Å². The van der Waals surface area contributed by atoms with Crippen LogP contribution < -0.4 is 0 Å². The largest absolute Gasteiger partial charge is 0.252 e. The Morgan fingerprint density at radius 1 is 1.00 bits per heavy atom. The van der Waals surface area contributed by atoms with Crippen LogP contribution in [-0.2, 0) is 0 Å². The lowest BCUT2D eigenvalue weighted by Gasteiger charge is -1.99. The van der Waals surface area contributed by atoms with Crippen molar-refractivity contribution in [1.82, 2.24) is 0 Å². The van der Waals surface area contributed by atoms with Gasteiger partial charge in [0.2, 0.25) is 0 Å². The van der Waals surface area contributed by atoms with E-state index in [1.807, 2.05) is 55.5 Å². The van der Waals surface area contributed by atoms with Crippen LogP contribution in [0.1, 0.15) is 12.5 Å². The molecule has 0 saturated heterocycles. The van der Waals surface area contributed by atoms with Crippen molar-refractivity contribution in [3.05, 3.63) is 66.2 Å². The summed E-state index contributed by atoms with van der Waals surface area (Å²) < 4.78 is 0. The topological polar surface area (TPSA) is 12.4 Å². The van der Waals surface area contributed by atoms with Crippen molar-refractivity contribution in [2.45, 2.75) is 6.92 Å². The zero-order valence-corrected chi connectivity index (χ0v) is 8.57. The van der Waals surface area contributed by atoms with Crippen molar-refractivity contribution < 1.29 is 0 Å². The molecule has 0 saturated carbocycles. The van der Waals surface area contributed by atoms with Gasteiger partial charge in [-0.25, -0.2) is 0 Å². The zero-order valence-electron chi connectivity index (χ0n) is 8.57. The second kappa shape index (κ2) is 4.56. The summed E-state index contributed by atoms with van der Waals surface area (Å²) in [4.78, 5) is 4.46. The highest BCUT2D eigenvalue weighted by molar-refractivity contribution is 5.99. The molecular formula is C14H11N. The van der Waals surface area contributed by atoms with Crippen molar-refractivity contribution in [3.8, 4) is 0 Å². The maximum absolute atomic E-state index is 4.46. The fourth-order valence-electron chi connectivity index (χ4n) is 1.31. The maximum atomic E-state index is 4.46. The second-order valence-corrected chi connectivity index (χ2v) is 3.22. The van der Waals surface area contributed by atoms with Gasteiger partial charge < -0.3 is 0 Å². The molecule has 15 heavy (non-hydrogen) atoms. The highest BCUT2D eigenvalue weighted by Gasteiger charge is 1.95. The molecule has 2 radical (unpaired) electrons. The van der Waals surface area contributed by atoms with Crippen LogP contribution in [0.2, 0.25) is 0 Å². The van der Waals surface area contributed by atoms with Gasteiger partial charge in [-0.1, -0.05) is 42.5 Å². The first-order valence-electron chi connectivity index (χ1n) is 4.85. The summed E-state index contributed by atoms with van der Waals surface area (Å²) in [6.45, 7) is 1.98. The van der Waals surface area contributed by atoms with Crippen LogP contribution in [0.5, 0.6) is 0 Å². The number of hydrogen-bond acceptors (Lipinski definition) is 1. The Morgan fingerprint density at radius 2 is 1.73 bits per heavy atom. The third kappa shape index (κ3) is 2.53. The van der Waals surface area contributed by atoms with Crippen molar-refractivity contribution >= 4 is 11.4 Å². The first kappa shape index (κ1) is 9.66. The van der Waals surface area contributed by atoms with Gasteiger partial charge in [0, 0.05) is 17.3 Å². The van der Waals surface area contributed by atoms with Crippen LogP contribution in [0, 0.1) is 12.1 Å². The molecule has 0 spiro atoms. The van der Waals surface area contributed by atoms with Crippen molar-refractivity contribution in [2.75, 3.05) is 0 Å². The molecule has 0 heterocycles. The quantitative estimate of drug-likeness (QED) is 0.648. The van der Waals surface area contributed by atoms with Crippen LogP contribution in [0.25, 0.3) is 0 Å². The van der Waals surface area contributed by atoms with Gasteiger partial charge in [0.25, 0.3) is 0 Å². The summed E-state index contributed by atoms with van der Waals surface area (Å²) in [5.74, 6) is 0. The van der Waals surface area contributed by atoms with Gasteiger partial charge >= 0.3 is 0 Å². The Kier molecular flexibility index (Phi) is 2.93. The number of rotatable bonds is 2. The van der Waals surface area contributed by atoms with E-state index in [1.165, 1.54) is 0 Å². The maximum Gasteiger partial charge on any atom is 0.0712 e. The molecule has 2 aromatic rings. The van der Waals surface area contributed by atoms with Gasteiger partial charge in [-0.05, 0) is 19.1 Å². The van der Waals surface area contributed by atoms with Gasteiger partial charge in [0.05, 0.1) is 5.69 Å². The minimum absolute atomic E-state index is 0.854.